The minimum absolute atomic E-state index is 0.00815. The van der Waals surface area contributed by atoms with Gasteiger partial charge in [0.15, 0.2) is 0 Å². The fourth-order valence-corrected chi connectivity index (χ4v) is 1.57. The molecule has 3 nitrogen and oxygen atoms in total. The van der Waals surface area contributed by atoms with E-state index in [0.717, 1.165) is 5.56 Å². The number of benzene rings is 1. The van der Waals surface area contributed by atoms with Crippen molar-refractivity contribution in [2.75, 3.05) is 13.6 Å². The Labute approximate surface area is 77.3 Å². The summed E-state index contributed by atoms with van der Waals surface area (Å²) >= 11 is 0. The van der Waals surface area contributed by atoms with E-state index in [1.54, 1.807) is 12.1 Å². The Balaban J connectivity index is 2.24. The molecule has 3 heteroatoms. The van der Waals surface area contributed by atoms with E-state index in [2.05, 4.69) is 5.43 Å². The van der Waals surface area contributed by atoms with Crippen LogP contribution in [0.3, 0.4) is 0 Å². The van der Waals surface area contributed by atoms with Crippen LogP contribution >= 0.6 is 0 Å². The topological polar surface area (TPSA) is 32.3 Å². The van der Waals surface area contributed by atoms with Crippen LogP contribution in [0.1, 0.15) is 11.5 Å². The molecule has 1 N–H and O–H groups in total. The highest BCUT2D eigenvalue weighted by molar-refractivity contribution is 5.85. The smallest absolute Gasteiger partial charge is 0.245 e. The van der Waals surface area contributed by atoms with E-state index in [0.29, 0.717) is 6.54 Å². The molecule has 0 aliphatic carbocycles. The van der Waals surface area contributed by atoms with Crippen molar-refractivity contribution >= 4 is 5.91 Å². The maximum absolute atomic E-state index is 11.6. The fraction of sp³-hybridized carbons (Fsp3) is 0.300. The van der Waals surface area contributed by atoms with Crippen molar-refractivity contribution in [3.63, 3.8) is 0 Å². The van der Waals surface area contributed by atoms with Crippen LogP contribution in [0.2, 0.25) is 0 Å². The molecule has 1 atom stereocenters. The van der Waals surface area contributed by atoms with Gasteiger partial charge in [-0.2, -0.15) is 0 Å². The highest BCUT2D eigenvalue weighted by Gasteiger charge is 2.29. The quantitative estimate of drug-likeness (QED) is 0.684. The van der Waals surface area contributed by atoms with Gasteiger partial charge in [0.05, 0.1) is 5.92 Å². The Bertz CT molecular complexity index is 310. The van der Waals surface area contributed by atoms with Crippen LogP contribution in [0.4, 0.5) is 0 Å². The van der Waals surface area contributed by atoms with Crippen LogP contribution in [0, 0.1) is 0 Å². The number of likely N-dealkylation sites (N-methyl/N-ethyl adjacent to an activating group) is 1. The van der Waals surface area contributed by atoms with Gasteiger partial charge in [-0.05, 0) is 5.56 Å². The van der Waals surface area contributed by atoms with Crippen LogP contribution in [-0.2, 0) is 4.79 Å². The molecule has 1 amide bonds. The van der Waals surface area contributed by atoms with Gasteiger partial charge in [-0.15, -0.1) is 0 Å². The second-order valence-electron chi connectivity index (χ2n) is 3.22. The predicted molar refractivity (Wildman–Crippen MR) is 50.0 cm³/mol. The Morgan fingerprint density at radius 2 is 2.08 bits per heavy atom. The van der Waals surface area contributed by atoms with Crippen molar-refractivity contribution in [3.8, 4) is 0 Å². The average Bonchev–Trinajstić information content (AvgIpc) is 2.49. The van der Waals surface area contributed by atoms with Gasteiger partial charge in [0.25, 0.3) is 0 Å². The number of hydrogen-bond acceptors (Lipinski definition) is 2. The molecule has 0 spiro atoms. The normalized spacial score (nSPS) is 22.4. The van der Waals surface area contributed by atoms with E-state index in [1.807, 2.05) is 30.3 Å². The molecule has 1 fully saturated rings. The van der Waals surface area contributed by atoms with E-state index in [1.165, 1.54) is 0 Å². The summed E-state index contributed by atoms with van der Waals surface area (Å²) in [4.78, 5) is 11.6. The molecule has 13 heavy (non-hydrogen) atoms. The van der Waals surface area contributed by atoms with Crippen LogP contribution in [0.25, 0.3) is 0 Å². The molecule has 68 valence electrons. The summed E-state index contributed by atoms with van der Waals surface area (Å²) in [6.07, 6.45) is 0. The van der Waals surface area contributed by atoms with Gasteiger partial charge >= 0.3 is 0 Å². The summed E-state index contributed by atoms with van der Waals surface area (Å²) < 4.78 is 0. The molecule has 0 radical (unpaired) electrons. The Morgan fingerprint density at radius 1 is 1.38 bits per heavy atom. The summed E-state index contributed by atoms with van der Waals surface area (Å²) in [7, 11) is 1.76. The number of carbonyl (C=O) groups is 1. The second kappa shape index (κ2) is 3.18. The number of carbonyl (C=O) groups excluding carboxylic acids is 1. The van der Waals surface area contributed by atoms with Crippen LogP contribution in [0.15, 0.2) is 30.3 Å². The highest BCUT2D eigenvalue weighted by atomic mass is 16.2. The molecule has 2 rings (SSSR count). The summed E-state index contributed by atoms with van der Waals surface area (Å²) in [5.74, 6) is 0.136. The Kier molecular flexibility index (Phi) is 2.02. The molecule has 1 aromatic rings. The minimum Gasteiger partial charge on any atom is -0.281 e. The van der Waals surface area contributed by atoms with E-state index in [4.69, 9.17) is 0 Å². The standard InChI is InChI=1S/C10H12N2O/c1-12-10(13)9(7-11-12)8-5-3-2-4-6-8/h2-6,9,11H,7H2,1H3. The van der Waals surface area contributed by atoms with Crippen molar-refractivity contribution in [1.29, 1.82) is 0 Å². The summed E-state index contributed by atoms with van der Waals surface area (Å²) in [5, 5.41) is 1.55. The largest absolute Gasteiger partial charge is 0.281 e. The van der Waals surface area contributed by atoms with Crippen molar-refractivity contribution in [2.24, 2.45) is 0 Å². The van der Waals surface area contributed by atoms with Gasteiger partial charge in [-0.3, -0.25) is 9.80 Å². The molecule has 1 unspecified atom stereocenters. The Hall–Kier alpha value is -1.35. The molecular weight excluding hydrogens is 164 g/mol. The van der Waals surface area contributed by atoms with Gasteiger partial charge in [0.2, 0.25) is 5.91 Å². The number of hydrazine groups is 1. The second-order valence-corrected chi connectivity index (χ2v) is 3.22. The number of nitrogens with one attached hydrogen (secondary N) is 1. The maximum Gasteiger partial charge on any atom is 0.245 e. The molecule has 1 aliphatic rings. The number of hydrogen-bond donors (Lipinski definition) is 1. The third-order valence-corrected chi connectivity index (χ3v) is 2.36. The van der Waals surface area contributed by atoms with E-state index in [-0.39, 0.29) is 11.8 Å². The molecule has 1 aromatic carbocycles. The van der Waals surface area contributed by atoms with Crippen molar-refractivity contribution in [3.05, 3.63) is 35.9 Å². The first-order chi connectivity index (χ1) is 6.29. The molecule has 0 saturated carbocycles. The molecule has 0 bridgehead atoms. The summed E-state index contributed by atoms with van der Waals surface area (Å²) in [6, 6.07) is 9.86. The monoisotopic (exact) mass is 176 g/mol. The van der Waals surface area contributed by atoms with Crippen molar-refractivity contribution in [1.82, 2.24) is 10.4 Å². The number of nitrogens with zero attached hydrogens (tertiary/aromatic N) is 1. The van der Waals surface area contributed by atoms with Crippen LogP contribution in [-0.4, -0.2) is 24.5 Å². The number of rotatable bonds is 1. The molecular formula is C10H12N2O. The first kappa shape index (κ1) is 8.26. The Morgan fingerprint density at radius 3 is 2.62 bits per heavy atom. The predicted octanol–water partition coefficient (Wildman–Crippen LogP) is 0.747. The van der Waals surface area contributed by atoms with Gasteiger partial charge in [-0.25, -0.2) is 5.43 Å². The zero-order chi connectivity index (χ0) is 9.26. The average molecular weight is 176 g/mol. The van der Waals surface area contributed by atoms with Gasteiger partial charge < -0.3 is 0 Å². The van der Waals surface area contributed by atoms with E-state index >= 15 is 0 Å². The van der Waals surface area contributed by atoms with Crippen molar-refractivity contribution < 1.29 is 4.79 Å². The number of amides is 1. The minimum atomic E-state index is -0.00815. The molecule has 1 aliphatic heterocycles. The van der Waals surface area contributed by atoms with Gasteiger partial charge in [-0.1, -0.05) is 30.3 Å². The van der Waals surface area contributed by atoms with Crippen LogP contribution < -0.4 is 5.43 Å². The van der Waals surface area contributed by atoms with Crippen molar-refractivity contribution in [2.45, 2.75) is 5.92 Å². The maximum atomic E-state index is 11.6. The lowest BCUT2D eigenvalue weighted by atomic mass is 10.00. The zero-order valence-corrected chi connectivity index (χ0v) is 7.53. The third-order valence-electron chi connectivity index (χ3n) is 2.36. The van der Waals surface area contributed by atoms with E-state index in [9.17, 15) is 4.79 Å². The first-order valence-corrected chi connectivity index (χ1v) is 4.35. The lowest BCUT2D eigenvalue weighted by molar-refractivity contribution is -0.129. The summed E-state index contributed by atoms with van der Waals surface area (Å²) in [5.41, 5.74) is 4.09. The molecule has 1 heterocycles. The zero-order valence-electron chi connectivity index (χ0n) is 7.53. The highest BCUT2D eigenvalue weighted by Crippen LogP contribution is 2.20. The van der Waals surface area contributed by atoms with E-state index < -0.39 is 0 Å². The lowest BCUT2D eigenvalue weighted by Crippen LogP contribution is -2.29. The molecule has 0 aromatic heterocycles. The van der Waals surface area contributed by atoms with Gasteiger partial charge in [0.1, 0.15) is 0 Å². The lowest BCUT2D eigenvalue weighted by Gasteiger charge is -2.08. The van der Waals surface area contributed by atoms with Gasteiger partial charge in [0, 0.05) is 13.6 Å². The third kappa shape index (κ3) is 1.42. The SMILES string of the molecule is CN1NCC(c2ccccc2)C1=O. The molecule has 1 saturated heterocycles. The first-order valence-electron chi connectivity index (χ1n) is 4.35. The summed E-state index contributed by atoms with van der Waals surface area (Å²) in [6.45, 7) is 0.708. The van der Waals surface area contributed by atoms with Crippen LogP contribution in [0.5, 0.6) is 0 Å². The fourth-order valence-electron chi connectivity index (χ4n) is 1.57.